The Morgan fingerprint density at radius 1 is 1.32 bits per heavy atom. The maximum Gasteiger partial charge on any atom is 0.308 e. The van der Waals surface area contributed by atoms with Crippen molar-refractivity contribution >= 4 is 11.9 Å². The van der Waals surface area contributed by atoms with Crippen LogP contribution in [0.5, 0.6) is 0 Å². The summed E-state index contributed by atoms with van der Waals surface area (Å²) in [5, 5.41) is 9.25. The first-order valence-corrected chi connectivity index (χ1v) is 7.26. The Hall–Kier alpha value is -1.10. The first-order chi connectivity index (χ1) is 8.95. The van der Waals surface area contributed by atoms with Gasteiger partial charge in [-0.1, -0.05) is 6.42 Å². The van der Waals surface area contributed by atoms with E-state index in [1.54, 1.807) is 0 Å². The maximum absolute atomic E-state index is 12.9. The number of rotatable bonds is 2. The fourth-order valence-corrected chi connectivity index (χ4v) is 4.32. The first-order valence-electron chi connectivity index (χ1n) is 7.26. The molecular formula is C14H22N2O3. The van der Waals surface area contributed by atoms with Crippen molar-refractivity contribution in [2.75, 3.05) is 0 Å². The van der Waals surface area contributed by atoms with Crippen molar-refractivity contribution in [3.63, 3.8) is 0 Å². The lowest BCUT2D eigenvalue weighted by Crippen LogP contribution is -2.51. The molecule has 0 aromatic carbocycles. The van der Waals surface area contributed by atoms with E-state index < -0.39 is 11.4 Å². The molecule has 5 heteroatoms. The molecule has 1 amide bonds. The van der Waals surface area contributed by atoms with Crippen LogP contribution in [0.25, 0.3) is 0 Å². The van der Waals surface area contributed by atoms with Gasteiger partial charge in [-0.3, -0.25) is 9.59 Å². The van der Waals surface area contributed by atoms with Crippen LogP contribution in [0.2, 0.25) is 0 Å². The van der Waals surface area contributed by atoms with E-state index >= 15 is 0 Å². The van der Waals surface area contributed by atoms with Crippen LogP contribution in [0.3, 0.4) is 0 Å². The molecule has 5 unspecified atom stereocenters. The molecule has 3 rings (SSSR count). The lowest BCUT2D eigenvalue weighted by molar-refractivity contribution is -0.145. The third-order valence-corrected chi connectivity index (χ3v) is 5.61. The van der Waals surface area contributed by atoms with E-state index in [9.17, 15) is 14.7 Å². The molecule has 19 heavy (non-hydrogen) atoms. The predicted molar refractivity (Wildman–Crippen MR) is 69.3 cm³/mol. The van der Waals surface area contributed by atoms with Crippen LogP contribution >= 0.6 is 0 Å². The highest BCUT2D eigenvalue weighted by Gasteiger charge is 2.56. The number of nitrogens with two attached hydrogens (primary N) is 1. The zero-order valence-electron chi connectivity index (χ0n) is 11.3. The molecule has 3 aliphatic rings. The summed E-state index contributed by atoms with van der Waals surface area (Å²) in [4.78, 5) is 26.0. The van der Waals surface area contributed by atoms with Gasteiger partial charge >= 0.3 is 5.97 Å². The summed E-state index contributed by atoms with van der Waals surface area (Å²) in [5.41, 5.74) is 5.65. The highest BCUT2D eigenvalue weighted by molar-refractivity contribution is 5.86. The SMILES string of the molecule is CC1(C(=O)N2C3CCC2C(C(=O)O)C3)CCCC1N. The van der Waals surface area contributed by atoms with E-state index in [2.05, 4.69) is 0 Å². The minimum atomic E-state index is -0.758. The number of hydrogen-bond donors (Lipinski definition) is 2. The van der Waals surface area contributed by atoms with E-state index in [1.807, 2.05) is 11.8 Å². The number of carbonyl (C=O) groups excluding carboxylic acids is 1. The molecule has 1 aliphatic carbocycles. The Morgan fingerprint density at radius 2 is 2.05 bits per heavy atom. The molecule has 0 aromatic rings. The zero-order chi connectivity index (χ0) is 13.8. The number of carboxylic acid groups (broad SMARTS) is 1. The van der Waals surface area contributed by atoms with Gasteiger partial charge in [-0.05, 0) is 39.0 Å². The Balaban J connectivity index is 1.84. The largest absolute Gasteiger partial charge is 0.481 e. The Morgan fingerprint density at radius 3 is 2.58 bits per heavy atom. The number of hydrogen-bond acceptors (Lipinski definition) is 3. The lowest BCUT2D eigenvalue weighted by Gasteiger charge is -2.35. The maximum atomic E-state index is 12.9. The van der Waals surface area contributed by atoms with Gasteiger partial charge in [-0.25, -0.2) is 0 Å². The summed E-state index contributed by atoms with van der Waals surface area (Å²) in [6.07, 6.45) is 5.13. The molecule has 2 saturated heterocycles. The van der Waals surface area contributed by atoms with Crippen molar-refractivity contribution in [2.24, 2.45) is 17.1 Å². The van der Waals surface area contributed by atoms with Gasteiger partial charge in [0, 0.05) is 18.1 Å². The standard InChI is InChI=1S/C14H22N2O3/c1-14(6-2-3-11(14)15)13(19)16-8-4-5-10(16)9(7-8)12(17)18/h8-11H,2-7,15H2,1H3,(H,17,18). The minimum absolute atomic E-state index is 0.0803. The topological polar surface area (TPSA) is 83.6 Å². The average molecular weight is 266 g/mol. The average Bonchev–Trinajstić information content (AvgIpc) is 3.03. The molecule has 5 nitrogen and oxygen atoms in total. The third-order valence-electron chi connectivity index (χ3n) is 5.61. The third kappa shape index (κ3) is 1.71. The van der Waals surface area contributed by atoms with Crippen LogP contribution in [0.1, 0.15) is 45.4 Å². The lowest BCUT2D eigenvalue weighted by atomic mass is 9.83. The van der Waals surface area contributed by atoms with E-state index in [0.29, 0.717) is 6.42 Å². The summed E-state index contributed by atoms with van der Waals surface area (Å²) in [6.45, 7) is 1.96. The van der Waals surface area contributed by atoms with Crippen molar-refractivity contribution in [1.82, 2.24) is 4.90 Å². The van der Waals surface area contributed by atoms with E-state index in [0.717, 1.165) is 32.1 Å². The minimum Gasteiger partial charge on any atom is -0.481 e. The molecule has 1 saturated carbocycles. The van der Waals surface area contributed by atoms with Gasteiger partial charge in [0.25, 0.3) is 0 Å². The highest BCUT2D eigenvalue weighted by Crippen LogP contribution is 2.47. The van der Waals surface area contributed by atoms with Crippen LogP contribution in [-0.4, -0.2) is 40.0 Å². The Bertz CT molecular complexity index is 425. The molecule has 106 valence electrons. The Kier molecular flexibility index (Phi) is 2.85. The fraction of sp³-hybridized carbons (Fsp3) is 0.857. The van der Waals surface area contributed by atoms with Crippen LogP contribution in [0.15, 0.2) is 0 Å². The predicted octanol–water partition coefficient (Wildman–Crippen LogP) is 0.968. The second-order valence-electron chi connectivity index (χ2n) is 6.61. The van der Waals surface area contributed by atoms with Crippen molar-refractivity contribution in [3.8, 4) is 0 Å². The number of carboxylic acids is 1. The number of fused-ring (bicyclic) bond motifs is 2. The summed E-state index contributed by atoms with van der Waals surface area (Å²) in [7, 11) is 0. The smallest absolute Gasteiger partial charge is 0.308 e. The van der Waals surface area contributed by atoms with E-state index in [-0.39, 0.29) is 30.0 Å². The second-order valence-corrected chi connectivity index (χ2v) is 6.61. The molecular weight excluding hydrogens is 244 g/mol. The number of carbonyl (C=O) groups is 2. The molecule has 3 fully saturated rings. The quantitative estimate of drug-likeness (QED) is 0.780. The van der Waals surface area contributed by atoms with Crippen molar-refractivity contribution < 1.29 is 14.7 Å². The monoisotopic (exact) mass is 266 g/mol. The Labute approximate surface area is 113 Å². The summed E-state index contributed by atoms with van der Waals surface area (Å²) in [5.74, 6) is -1.02. The molecule has 5 atom stereocenters. The van der Waals surface area contributed by atoms with Crippen LogP contribution < -0.4 is 5.73 Å². The highest BCUT2D eigenvalue weighted by atomic mass is 16.4. The van der Waals surface area contributed by atoms with Gasteiger partial charge in [0.15, 0.2) is 0 Å². The second kappa shape index (κ2) is 4.20. The van der Waals surface area contributed by atoms with Crippen molar-refractivity contribution in [2.45, 2.75) is 63.6 Å². The van der Waals surface area contributed by atoms with Gasteiger partial charge < -0.3 is 15.7 Å². The van der Waals surface area contributed by atoms with Crippen molar-refractivity contribution in [1.29, 1.82) is 0 Å². The summed E-state index contributed by atoms with van der Waals surface area (Å²) < 4.78 is 0. The fourth-order valence-electron chi connectivity index (χ4n) is 4.32. The van der Waals surface area contributed by atoms with Gasteiger partial charge in [0.2, 0.25) is 5.91 Å². The first kappa shape index (κ1) is 12.9. The molecule has 0 radical (unpaired) electrons. The van der Waals surface area contributed by atoms with Crippen LogP contribution in [0.4, 0.5) is 0 Å². The molecule has 2 heterocycles. The van der Waals surface area contributed by atoms with E-state index in [4.69, 9.17) is 5.73 Å². The van der Waals surface area contributed by atoms with Crippen molar-refractivity contribution in [3.05, 3.63) is 0 Å². The van der Waals surface area contributed by atoms with Crippen LogP contribution in [-0.2, 0) is 9.59 Å². The number of amides is 1. The molecule has 2 bridgehead atoms. The molecule has 0 spiro atoms. The molecule has 0 aromatic heterocycles. The summed E-state index contributed by atoms with van der Waals surface area (Å²) >= 11 is 0. The van der Waals surface area contributed by atoms with Gasteiger partial charge in [-0.2, -0.15) is 0 Å². The molecule has 2 aliphatic heterocycles. The number of nitrogens with zero attached hydrogens (tertiary/aromatic N) is 1. The van der Waals surface area contributed by atoms with Gasteiger partial charge in [0.05, 0.1) is 11.3 Å². The molecule has 3 N–H and O–H groups in total. The number of aliphatic carboxylic acids is 1. The summed E-state index contributed by atoms with van der Waals surface area (Å²) in [6, 6.07) is -0.0499. The zero-order valence-corrected chi connectivity index (χ0v) is 11.3. The normalized spacial score (nSPS) is 44.8. The van der Waals surface area contributed by atoms with E-state index in [1.165, 1.54) is 0 Å². The van der Waals surface area contributed by atoms with Crippen LogP contribution in [0, 0.1) is 11.3 Å². The van der Waals surface area contributed by atoms with Gasteiger partial charge in [0.1, 0.15) is 0 Å². The van der Waals surface area contributed by atoms with Gasteiger partial charge in [-0.15, -0.1) is 0 Å².